The number of rotatable bonds is 7. The van der Waals surface area contributed by atoms with Crippen LogP contribution in [-0.4, -0.2) is 51.7 Å². The third-order valence-electron chi connectivity index (χ3n) is 7.01. The second-order valence-corrected chi connectivity index (χ2v) is 12.7. The number of halogens is 1. The van der Waals surface area contributed by atoms with Crippen LogP contribution in [0.2, 0.25) is 5.02 Å². The number of nitrogens with one attached hydrogen (secondary N) is 4. The van der Waals surface area contributed by atoms with E-state index in [1.807, 2.05) is 22.9 Å². The number of nitrogens with zero attached hydrogens (tertiary/aromatic N) is 6. The van der Waals surface area contributed by atoms with E-state index >= 15 is 0 Å². The molecule has 0 spiro atoms. The standard InChI is InChI=1S/C18H13ClN6O3S.C8H9N5OS/c19-12-8-10(25(27)28)5-6-11(12)13-2-1-7-24(13)16-14-15(22-23-16)20-18(29-14)21-17(26)9-3-4-9;9-5-4-6(13-12-5)10-8(15-4)11-7(14)3-1-2-3/h1-2,5-9H,3-4H2,(H2,20,21,22,23,26);3H,1-2H2,(H4,9,10,11,12,13,14). The minimum Gasteiger partial charge on any atom is -0.383 e. The van der Waals surface area contributed by atoms with Crippen molar-refractivity contribution in [3.8, 4) is 17.1 Å². The number of fused-ring (bicyclic) bond motifs is 2. The molecule has 6 aromatic rings. The van der Waals surface area contributed by atoms with E-state index < -0.39 is 4.92 Å². The van der Waals surface area contributed by atoms with Gasteiger partial charge in [0.1, 0.15) is 15.2 Å². The fourth-order valence-corrected chi connectivity index (χ4v) is 6.41. The lowest BCUT2D eigenvalue weighted by Gasteiger charge is -2.08. The molecule has 0 saturated heterocycles. The van der Waals surface area contributed by atoms with Crippen molar-refractivity contribution in [2.45, 2.75) is 25.7 Å². The molecule has 0 unspecified atom stereocenters. The highest BCUT2D eigenvalue weighted by molar-refractivity contribution is 7.23. The molecule has 0 atom stereocenters. The van der Waals surface area contributed by atoms with E-state index in [1.165, 1.54) is 34.8 Å². The molecule has 2 aliphatic carbocycles. The highest BCUT2D eigenvalue weighted by Gasteiger charge is 2.31. The van der Waals surface area contributed by atoms with Crippen molar-refractivity contribution < 1.29 is 14.5 Å². The van der Waals surface area contributed by atoms with Gasteiger partial charge in [-0.2, -0.15) is 15.2 Å². The van der Waals surface area contributed by atoms with Crippen LogP contribution in [0.5, 0.6) is 0 Å². The molecule has 2 amide bonds. The fourth-order valence-electron chi connectivity index (χ4n) is 4.42. The molecule has 0 aliphatic heterocycles. The first kappa shape index (κ1) is 27.9. The van der Waals surface area contributed by atoms with Crippen molar-refractivity contribution in [1.82, 2.24) is 34.9 Å². The number of aromatic nitrogens is 7. The maximum absolute atomic E-state index is 12.0. The number of carbonyl (C=O) groups is 2. The Hall–Kier alpha value is -4.87. The number of nitro groups is 1. The van der Waals surface area contributed by atoms with Crippen LogP contribution < -0.4 is 16.4 Å². The van der Waals surface area contributed by atoms with Gasteiger partial charge in [-0.05, 0) is 43.9 Å². The number of anilines is 3. The molecule has 0 bridgehead atoms. The van der Waals surface area contributed by atoms with Gasteiger partial charge in [-0.25, -0.2) is 4.98 Å². The van der Waals surface area contributed by atoms with E-state index in [0.717, 1.165) is 40.8 Å². The largest absolute Gasteiger partial charge is 0.383 e. The number of non-ortho nitro benzene ring substituents is 1. The third kappa shape index (κ3) is 5.47. The zero-order chi connectivity index (χ0) is 30.5. The van der Waals surface area contributed by atoms with E-state index in [1.54, 1.807) is 6.07 Å². The van der Waals surface area contributed by atoms with Gasteiger partial charge in [0.15, 0.2) is 27.4 Å². The summed E-state index contributed by atoms with van der Waals surface area (Å²) >= 11 is 8.99. The van der Waals surface area contributed by atoms with Crippen LogP contribution in [0.3, 0.4) is 0 Å². The average Bonchev–Trinajstić information content (AvgIpc) is 3.81. The number of nitrogen functional groups attached to an aromatic ring is 1. The van der Waals surface area contributed by atoms with Gasteiger partial charge >= 0.3 is 0 Å². The van der Waals surface area contributed by atoms with Gasteiger partial charge in [0.2, 0.25) is 11.8 Å². The van der Waals surface area contributed by atoms with E-state index in [0.29, 0.717) is 38.8 Å². The van der Waals surface area contributed by atoms with Crippen molar-refractivity contribution in [3.05, 3.63) is 51.7 Å². The summed E-state index contributed by atoms with van der Waals surface area (Å²) in [6.45, 7) is 0. The number of nitrogens with two attached hydrogens (primary N) is 1. The van der Waals surface area contributed by atoms with Gasteiger partial charge in [0, 0.05) is 35.7 Å². The fraction of sp³-hybridized carbons (Fsp3) is 0.231. The van der Waals surface area contributed by atoms with Crippen molar-refractivity contribution >= 4 is 88.6 Å². The predicted molar refractivity (Wildman–Crippen MR) is 167 cm³/mol. The van der Waals surface area contributed by atoms with Gasteiger partial charge in [-0.3, -0.25) is 34.5 Å². The van der Waals surface area contributed by atoms with Gasteiger partial charge in [0.25, 0.3) is 5.69 Å². The number of benzene rings is 1. The minimum absolute atomic E-state index is 0.00442. The zero-order valence-electron chi connectivity index (χ0n) is 22.5. The first-order valence-electron chi connectivity index (χ1n) is 13.4. The summed E-state index contributed by atoms with van der Waals surface area (Å²) in [6.07, 6.45) is 5.63. The van der Waals surface area contributed by atoms with Crippen LogP contribution in [-0.2, 0) is 9.59 Å². The molecular formula is C26H22ClN11O4S2. The molecule has 1 aromatic carbocycles. The summed E-state index contributed by atoms with van der Waals surface area (Å²) in [5.41, 5.74) is 8.07. The number of aromatic amines is 2. The highest BCUT2D eigenvalue weighted by atomic mass is 35.5. The normalized spacial score (nSPS) is 14.4. The topological polar surface area (TPSA) is 215 Å². The molecule has 5 heterocycles. The number of nitro benzene ring substituents is 1. The first-order chi connectivity index (χ1) is 21.2. The van der Waals surface area contributed by atoms with Crippen LogP contribution in [0.4, 0.5) is 21.8 Å². The highest BCUT2D eigenvalue weighted by Crippen LogP contribution is 2.37. The van der Waals surface area contributed by atoms with Gasteiger partial charge in [0.05, 0.1) is 15.6 Å². The summed E-state index contributed by atoms with van der Waals surface area (Å²) in [6, 6.07) is 8.04. The Kier molecular flexibility index (Phi) is 6.98. The number of H-pyrrole nitrogens is 2. The zero-order valence-corrected chi connectivity index (χ0v) is 24.9. The molecule has 44 heavy (non-hydrogen) atoms. The van der Waals surface area contributed by atoms with Crippen LogP contribution in [0, 0.1) is 22.0 Å². The van der Waals surface area contributed by atoms with Crippen molar-refractivity contribution in [3.63, 3.8) is 0 Å². The van der Waals surface area contributed by atoms with Crippen LogP contribution in [0.15, 0.2) is 36.5 Å². The lowest BCUT2D eigenvalue weighted by molar-refractivity contribution is -0.384. The van der Waals surface area contributed by atoms with Crippen molar-refractivity contribution in [2.24, 2.45) is 11.8 Å². The lowest BCUT2D eigenvalue weighted by atomic mass is 10.1. The second-order valence-electron chi connectivity index (χ2n) is 10.3. The molecule has 224 valence electrons. The maximum Gasteiger partial charge on any atom is 0.270 e. The Morgan fingerprint density at radius 1 is 1.00 bits per heavy atom. The molecule has 6 N–H and O–H groups in total. The molecule has 8 rings (SSSR count). The molecule has 2 aliphatic rings. The quantitative estimate of drug-likeness (QED) is 0.111. The van der Waals surface area contributed by atoms with Crippen LogP contribution >= 0.6 is 34.3 Å². The lowest BCUT2D eigenvalue weighted by Crippen LogP contribution is -2.12. The maximum atomic E-state index is 12.0. The number of amides is 2. The minimum atomic E-state index is -0.485. The number of hydrogen-bond donors (Lipinski definition) is 5. The van der Waals surface area contributed by atoms with E-state index in [-0.39, 0.29) is 34.4 Å². The Morgan fingerprint density at radius 3 is 2.32 bits per heavy atom. The summed E-state index contributed by atoms with van der Waals surface area (Å²) < 4.78 is 3.41. The van der Waals surface area contributed by atoms with E-state index in [4.69, 9.17) is 17.3 Å². The van der Waals surface area contributed by atoms with E-state index in [9.17, 15) is 19.7 Å². The summed E-state index contributed by atoms with van der Waals surface area (Å²) in [7, 11) is 0. The Morgan fingerprint density at radius 2 is 1.68 bits per heavy atom. The Balaban J connectivity index is 0.000000174. The summed E-state index contributed by atoms with van der Waals surface area (Å²) in [4.78, 5) is 42.5. The Bertz CT molecular complexity index is 2070. The SMILES string of the molecule is Nc1[nH]nc2nc(NC(=O)C3CC3)sc12.O=C(Nc1nc2[nH]nc(-n3cccc3-c3ccc([N+](=O)[O-])cc3Cl)c2s1)C1CC1. The molecule has 2 saturated carbocycles. The molecule has 2 fully saturated rings. The molecule has 5 aromatic heterocycles. The van der Waals surface area contributed by atoms with Crippen molar-refractivity contribution in [1.29, 1.82) is 0 Å². The summed E-state index contributed by atoms with van der Waals surface area (Å²) in [5, 5.41) is 31.7. The number of carbonyl (C=O) groups excluding carboxylic acids is 2. The number of thiazole rings is 2. The third-order valence-corrected chi connectivity index (χ3v) is 9.28. The first-order valence-corrected chi connectivity index (χ1v) is 15.5. The van der Waals surface area contributed by atoms with E-state index in [2.05, 4.69) is 41.0 Å². The van der Waals surface area contributed by atoms with Gasteiger partial charge < -0.3 is 16.4 Å². The van der Waals surface area contributed by atoms with Crippen molar-refractivity contribution in [2.75, 3.05) is 16.4 Å². The Labute approximate surface area is 260 Å². The van der Waals surface area contributed by atoms with Gasteiger partial charge in [-0.15, -0.1) is 0 Å². The second kappa shape index (κ2) is 11.0. The predicted octanol–water partition coefficient (Wildman–Crippen LogP) is 5.34. The smallest absolute Gasteiger partial charge is 0.270 e. The van der Waals surface area contributed by atoms with Crippen LogP contribution in [0.1, 0.15) is 25.7 Å². The summed E-state index contributed by atoms with van der Waals surface area (Å²) in [5.74, 6) is 1.42. The van der Waals surface area contributed by atoms with Gasteiger partial charge in [-0.1, -0.05) is 34.3 Å². The monoisotopic (exact) mass is 651 g/mol. The molecule has 15 nitrogen and oxygen atoms in total. The average molecular weight is 652 g/mol. The number of hydrogen-bond acceptors (Lipinski definition) is 11. The molecule has 18 heteroatoms. The molecular weight excluding hydrogens is 630 g/mol. The molecule has 0 radical (unpaired) electrons. The van der Waals surface area contributed by atoms with Crippen LogP contribution in [0.25, 0.3) is 37.8 Å².